The van der Waals surface area contributed by atoms with E-state index in [1.54, 1.807) is 0 Å². The summed E-state index contributed by atoms with van der Waals surface area (Å²) in [5.74, 6) is 0.720. The third kappa shape index (κ3) is 3.25. The summed E-state index contributed by atoms with van der Waals surface area (Å²) < 4.78 is 5.75. The molecular weight excluding hydrogens is 166 g/mol. The van der Waals surface area contributed by atoms with Gasteiger partial charge < -0.3 is 10.2 Å². The number of rotatable bonds is 3. The summed E-state index contributed by atoms with van der Waals surface area (Å²) in [5.41, 5.74) is 6.48. The van der Waals surface area contributed by atoms with E-state index in [2.05, 4.69) is 13.8 Å². The first-order valence-corrected chi connectivity index (χ1v) is 7.03. The molecule has 3 heteroatoms. The first-order chi connectivity index (χ1) is 5.70. The Morgan fingerprint density at radius 3 is 2.67 bits per heavy atom. The lowest BCUT2D eigenvalue weighted by Gasteiger charge is -2.27. The molecule has 72 valence electrons. The van der Waals surface area contributed by atoms with Crippen LogP contribution in [0.1, 0.15) is 33.1 Å². The van der Waals surface area contributed by atoms with Crippen molar-refractivity contribution in [2.24, 2.45) is 11.7 Å². The molecule has 2 N–H and O–H groups in total. The van der Waals surface area contributed by atoms with E-state index in [0.29, 0.717) is 5.67 Å². The van der Waals surface area contributed by atoms with Crippen LogP contribution in [0.15, 0.2) is 0 Å². The lowest BCUT2D eigenvalue weighted by molar-refractivity contribution is 0.276. The van der Waals surface area contributed by atoms with Crippen LogP contribution in [0, 0.1) is 5.92 Å². The molecule has 0 saturated carbocycles. The largest absolute Gasteiger partial charge is 0.418 e. The van der Waals surface area contributed by atoms with E-state index in [1.807, 2.05) is 0 Å². The van der Waals surface area contributed by atoms with Gasteiger partial charge in [0.2, 0.25) is 0 Å². The SMILES string of the molecule is CC(C)CC(N)[SiH]1CCCCO1. The van der Waals surface area contributed by atoms with Gasteiger partial charge in [-0.2, -0.15) is 0 Å². The molecule has 1 heterocycles. The van der Waals surface area contributed by atoms with Crippen LogP contribution >= 0.6 is 0 Å². The smallest absolute Gasteiger partial charge is 0.193 e. The Hall–Kier alpha value is 0.137. The van der Waals surface area contributed by atoms with Crippen molar-refractivity contribution >= 4 is 9.04 Å². The number of nitrogens with two attached hydrogens (primary N) is 1. The summed E-state index contributed by atoms with van der Waals surface area (Å²) in [6.07, 6.45) is 3.75. The highest BCUT2D eigenvalue weighted by Crippen LogP contribution is 2.16. The Labute approximate surface area is 77.2 Å². The van der Waals surface area contributed by atoms with Crippen molar-refractivity contribution in [3.8, 4) is 0 Å². The zero-order valence-corrected chi connectivity index (χ0v) is 9.41. The highest BCUT2D eigenvalue weighted by molar-refractivity contribution is 6.53. The van der Waals surface area contributed by atoms with Crippen molar-refractivity contribution in [2.45, 2.75) is 44.8 Å². The van der Waals surface area contributed by atoms with Crippen molar-refractivity contribution in [3.05, 3.63) is 0 Å². The van der Waals surface area contributed by atoms with Gasteiger partial charge in [-0.05, 0) is 24.8 Å². The fourth-order valence-corrected chi connectivity index (χ4v) is 4.65. The summed E-state index contributed by atoms with van der Waals surface area (Å²) in [6, 6.07) is 1.30. The average molecular weight is 187 g/mol. The van der Waals surface area contributed by atoms with Crippen LogP contribution in [-0.2, 0) is 4.43 Å². The van der Waals surface area contributed by atoms with Gasteiger partial charge in [-0.25, -0.2) is 0 Å². The minimum Gasteiger partial charge on any atom is -0.418 e. The number of hydrogen-bond acceptors (Lipinski definition) is 2. The lowest BCUT2D eigenvalue weighted by Crippen LogP contribution is -2.43. The lowest BCUT2D eigenvalue weighted by atomic mass is 10.1. The molecule has 0 aromatic rings. The maximum absolute atomic E-state index is 6.09. The molecule has 12 heavy (non-hydrogen) atoms. The van der Waals surface area contributed by atoms with Crippen molar-refractivity contribution in [3.63, 3.8) is 0 Å². The molecule has 2 atom stereocenters. The first-order valence-electron chi connectivity index (χ1n) is 5.07. The van der Waals surface area contributed by atoms with Gasteiger partial charge >= 0.3 is 0 Å². The molecule has 1 aliphatic heterocycles. The maximum atomic E-state index is 6.09. The highest BCUT2D eigenvalue weighted by Gasteiger charge is 2.23. The zero-order valence-electron chi connectivity index (χ0n) is 8.25. The Bertz CT molecular complexity index is 124. The molecule has 1 fully saturated rings. The summed E-state index contributed by atoms with van der Waals surface area (Å²) in [7, 11) is -0.999. The predicted molar refractivity (Wildman–Crippen MR) is 54.6 cm³/mol. The fraction of sp³-hybridized carbons (Fsp3) is 1.00. The molecule has 0 bridgehead atoms. The van der Waals surface area contributed by atoms with E-state index < -0.39 is 9.04 Å². The van der Waals surface area contributed by atoms with Crippen LogP contribution in [0.5, 0.6) is 0 Å². The van der Waals surface area contributed by atoms with Crippen molar-refractivity contribution in [1.29, 1.82) is 0 Å². The van der Waals surface area contributed by atoms with Crippen LogP contribution in [0.2, 0.25) is 6.04 Å². The van der Waals surface area contributed by atoms with Crippen LogP contribution in [0.4, 0.5) is 0 Å². The van der Waals surface area contributed by atoms with E-state index in [9.17, 15) is 0 Å². The molecule has 0 aromatic heterocycles. The van der Waals surface area contributed by atoms with Gasteiger partial charge in [0, 0.05) is 12.3 Å². The van der Waals surface area contributed by atoms with Gasteiger partial charge in [-0.1, -0.05) is 20.3 Å². The van der Waals surface area contributed by atoms with Crippen molar-refractivity contribution in [1.82, 2.24) is 0 Å². The molecule has 0 aromatic carbocycles. The Morgan fingerprint density at radius 1 is 1.42 bits per heavy atom. The quantitative estimate of drug-likeness (QED) is 0.679. The van der Waals surface area contributed by atoms with Crippen LogP contribution in [0.25, 0.3) is 0 Å². The number of hydrogen-bond donors (Lipinski definition) is 1. The predicted octanol–water partition coefficient (Wildman–Crippen LogP) is 1.43. The van der Waals surface area contributed by atoms with Gasteiger partial charge in [0.1, 0.15) is 0 Å². The molecule has 2 unspecified atom stereocenters. The van der Waals surface area contributed by atoms with E-state index in [-0.39, 0.29) is 0 Å². The molecule has 1 saturated heterocycles. The van der Waals surface area contributed by atoms with Gasteiger partial charge in [-0.3, -0.25) is 0 Å². The van der Waals surface area contributed by atoms with Gasteiger partial charge in [0.05, 0.1) is 0 Å². The van der Waals surface area contributed by atoms with Crippen LogP contribution in [0.3, 0.4) is 0 Å². The van der Waals surface area contributed by atoms with Crippen LogP contribution < -0.4 is 5.73 Å². The normalized spacial score (nSPS) is 27.5. The molecule has 0 radical (unpaired) electrons. The second-order valence-corrected chi connectivity index (χ2v) is 7.04. The van der Waals surface area contributed by atoms with E-state index in [4.69, 9.17) is 10.2 Å². The van der Waals surface area contributed by atoms with Crippen LogP contribution in [-0.4, -0.2) is 21.3 Å². The Balaban J connectivity index is 2.24. The molecule has 1 rings (SSSR count). The summed E-state index contributed by atoms with van der Waals surface area (Å²) in [4.78, 5) is 0. The minimum atomic E-state index is -0.999. The Morgan fingerprint density at radius 2 is 2.17 bits per heavy atom. The summed E-state index contributed by atoms with van der Waals surface area (Å²) in [5, 5.41) is 0. The third-order valence-electron chi connectivity index (χ3n) is 2.44. The molecule has 2 nitrogen and oxygen atoms in total. The van der Waals surface area contributed by atoms with Crippen molar-refractivity contribution < 1.29 is 4.43 Å². The molecule has 0 amide bonds. The van der Waals surface area contributed by atoms with E-state index in [0.717, 1.165) is 18.9 Å². The fourth-order valence-electron chi connectivity index (χ4n) is 1.80. The zero-order chi connectivity index (χ0) is 8.97. The van der Waals surface area contributed by atoms with E-state index >= 15 is 0 Å². The maximum Gasteiger partial charge on any atom is 0.193 e. The first kappa shape index (κ1) is 10.2. The monoisotopic (exact) mass is 187 g/mol. The second-order valence-electron chi connectivity index (χ2n) is 4.20. The third-order valence-corrected chi connectivity index (χ3v) is 5.30. The molecule has 0 aliphatic carbocycles. The highest BCUT2D eigenvalue weighted by atomic mass is 28.3. The van der Waals surface area contributed by atoms with Crippen molar-refractivity contribution in [2.75, 3.05) is 6.61 Å². The standard InChI is InChI=1S/C9H21NOSi/c1-8(2)7-9(10)12-6-4-3-5-11-12/h8-9,12H,3-7,10H2,1-2H3. The minimum absolute atomic E-state index is 0.394. The molecule has 1 aliphatic rings. The molecular formula is C9H21NOSi. The molecule has 0 spiro atoms. The van der Waals surface area contributed by atoms with Gasteiger partial charge in [-0.15, -0.1) is 0 Å². The van der Waals surface area contributed by atoms with Gasteiger partial charge in [0.15, 0.2) is 9.04 Å². The summed E-state index contributed by atoms with van der Waals surface area (Å²) >= 11 is 0. The van der Waals surface area contributed by atoms with E-state index in [1.165, 1.54) is 18.9 Å². The summed E-state index contributed by atoms with van der Waals surface area (Å²) in [6.45, 7) is 5.44. The Kier molecular flexibility index (Phi) is 4.25. The second kappa shape index (κ2) is 4.99. The topological polar surface area (TPSA) is 35.2 Å². The van der Waals surface area contributed by atoms with Gasteiger partial charge in [0.25, 0.3) is 0 Å². The average Bonchev–Trinajstić information content (AvgIpc) is 2.05.